The van der Waals surface area contributed by atoms with Crippen molar-refractivity contribution in [2.24, 2.45) is 0 Å². The predicted molar refractivity (Wildman–Crippen MR) is 85.7 cm³/mol. The van der Waals surface area contributed by atoms with Gasteiger partial charge >= 0.3 is 0 Å². The lowest BCUT2D eigenvalue weighted by Crippen LogP contribution is -2.07. The second-order valence-corrected chi connectivity index (χ2v) is 8.28. The van der Waals surface area contributed by atoms with E-state index in [2.05, 4.69) is 20.4 Å². The minimum absolute atomic E-state index is 0.0711. The van der Waals surface area contributed by atoms with Crippen molar-refractivity contribution < 1.29 is 17.7 Å². The van der Waals surface area contributed by atoms with Gasteiger partial charge in [0.15, 0.2) is 0 Å². The fourth-order valence-corrected chi connectivity index (χ4v) is 3.24. The van der Waals surface area contributed by atoms with Gasteiger partial charge in [-0.2, -0.15) is 0 Å². The first kappa shape index (κ1) is 18.8. The van der Waals surface area contributed by atoms with Crippen LogP contribution in [0.3, 0.4) is 0 Å². The summed E-state index contributed by atoms with van der Waals surface area (Å²) in [4.78, 5) is 0. The Morgan fingerprint density at radius 1 is 1.19 bits per heavy atom. The number of hydrogen-bond acceptors (Lipinski definition) is 12. The van der Waals surface area contributed by atoms with E-state index in [4.69, 9.17) is 17.0 Å². The van der Waals surface area contributed by atoms with Gasteiger partial charge in [0.1, 0.15) is 0 Å². The molecule has 13 heteroatoms. The fourth-order valence-electron chi connectivity index (χ4n) is 0.878. The third-order valence-corrected chi connectivity index (χ3v) is 5.36. The van der Waals surface area contributed by atoms with Crippen LogP contribution in [-0.2, 0) is 14.9 Å². The van der Waals surface area contributed by atoms with Gasteiger partial charge in [0, 0.05) is 17.3 Å². The van der Waals surface area contributed by atoms with Crippen molar-refractivity contribution in [1.29, 1.82) is 0 Å². The summed E-state index contributed by atoms with van der Waals surface area (Å²) in [5, 5.41) is 15.8. The van der Waals surface area contributed by atoms with Crippen molar-refractivity contribution in [3.8, 4) is 0 Å². The van der Waals surface area contributed by atoms with Gasteiger partial charge in [0.05, 0.1) is 16.7 Å². The number of thiocarbonyl (C=S) groups is 1. The van der Waals surface area contributed by atoms with E-state index >= 15 is 0 Å². The maximum absolute atomic E-state index is 10.4. The molecule has 0 saturated heterocycles. The number of rotatable bonds is 8. The van der Waals surface area contributed by atoms with Crippen LogP contribution in [0.15, 0.2) is 10.3 Å². The van der Waals surface area contributed by atoms with Gasteiger partial charge in [-0.25, -0.2) is 8.42 Å². The summed E-state index contributed by atoms with van der Waals surface area (Å²) in [6.45, 7) is 0.436. The lowest BCUT2D eigenvalue weighted by Gasteiger charge is -2.05. The van der Waals surface area contributed by atoms with Crippen LogP contribution in [0, 0.1) is 0 Å². The summed E-state index contributed by atoms with van der Waals surface area (Å²) in [5.41, 5.74) is 0. The molecule has 0 aliphatic rings. The average Bonchev–Trinajstić information content (AvgIpc) is 2.43. The molecule has 0 aliphatic carbocycles. The topological polar surface area (TPSA) is 118 Å². The van der Waals surface area contributed by atoms with Crippen LogP contribution in [0.5, 0.6) is 0 Å². The molecule has 0 amide bonds. The van der Waals surface area contributed by atoms with Gasteiger partial charge in [0.2, 0.25) is 14.7 Å². The largest absolute Gasteiger partial charge is 0.748 e. The number of thioether (sulfide) groups is 3. The molecule has 0 saturated carbocycles. The van der Waals surface area contributed by atoms with Gasteiger partial charge in [-0.05, 0) is 18.5 Å². The molecule has 118 valence electrons. The highest BCUT2D eigenvalue weighted by molar-refractivity contribution is 8.22. The van der Waals surface area contributed by atoms with Gasteiger partial charge in [-0.15, -0.1) is 20.4 Å². The van der Waals surface area contributed by atoms with Crippen LogP contribution >= 0.6 is 47.5 Å². The fraction of sp³-hybridized carbons (Fsp3) is 0.625. The third-order valence-electron chi connectivity index (χ3n) is 1.71. The van der Waals surface area contributed by atoms with Crippen LogP contribution in [0.25, 0.3) is 0 Å². The number of ether oxygens (including phenoxy) is 1. The Labute approximate surface area is 140 Å². The van der Waals surface area contributed by atoms with Crippen molar-refractivity contribution >= 4 is 62.0 Å². The predicted octanol–water partition coefficient (Wildman–Crippen LogP) is 0.660. The molecule has 1 aromatic rings. The second kappa shape index (κ2) is 9.74. The summed E-state index contributed by atoms with van der Waals surface area (Å²) in [5.74, 6) is 0.191. The smallest absolute Gasteiger partial charge is 0.230 e. The van der Waals surface area contributed by atoms with E-state index in [-0.39, 0.29) is 10.9 Å². The molecule has 0 aliphatic heterocycles. The molecule has 0 spiro atoms. The Bertz CT molecular complexity index is 552. The highest BCUT2D eigenvalue weighted by Gasteiger charge is 2.05. The zero-order valence-electron chi connectivity index (χ0n) is 10.8. The number of hydrogen-bond donors (Lipinski definition) is 0. The molecule has 0 bridgehead atoms. The monoisotopic (exact) mass is 387 g/mol. The minimum atomic E-state index is -4.22. The first-order chi connectivity index (χ1) is 9.90. The van der Waals surface area contributed by atoms with Crippen LogP contribution in [0.1, 0.15) is 0 Å². The Morgan fingerprint density at radius 2 is 1.71 bits per heavy atom. The van der Waals surface area contributed by atoms with E-state index < -0.39 is 15.9 Å². The molecule has 0 atom stereocenters. The van der Waals surface area contributed by atoms with Crippen LogP contribution in [-0.4, -0.2) is 67.9 Å². The summed E-state index contributed by atoms with van der Waals surface area (Å²) in [6, 6.07) is 0. The summed E-state index contributed by atoms with van der Waals surface area (Å²) < 4.78 is 37.0. The van der Waals surface area contributed by atoms with Crippen molar-refractivity contribution in [3.63, 3.8) is 0 Å². The van der Waals surface area contributed by atoms with E-state index in [0.717, 1.165) is 11.8 Å². The maximum Gasteiger partial charge on any atom is 0.230 e. The highest BCUT2D eigenvalue weighted by atomic mass is 32.2. The standard InChI is InChI=1S/C8H12N4O4S5/c1-18-8(17)16-2-3-19-6-9-11-7(12-10-6)20-4-5-21(13,14)15/h2-5H2,1H3,(H,13,14,15)/p-1. The average molecular weight is 388 g/mol. The molecule has 0 radical (unpaired) electrons. The first-order valence-electron chi connectivity index (χ1n) is 5.38. The van der Waals surface area contributed by atoms with Crippen LogP contribution in [0.4, 0.5) is 0 Å². The molecule has 8 nitrogen and oxygen atoms in total. The van der Waals surface area contributed by atoms with E-state index in [1.807, 2.05) is 6.26 Å². The number of aromatic nitrogens is 4. The van der Waals surface area contributed by atoms with E-state index in [1.54, 1.807) is 0 Å². The zero-order valence-corrected chi connectivity index (χ0v) is 14.9. The summed E-state index contributed by atoms with van der Waals surface area (Å²) in [6.07, 6.45) is 1.83. The third kappa shape index (κ3) is 9.42. The van der Waals surface area contributed by atoms with Crippen molar-refractivity contribution in [2.75, 3.05) is 30.1 Å². The normalized spacial score (nSPS) is 11.3. The zero-order chi connectivity index (χ0) is 15.7. The molecular formula is C8H11N4O4S5-. The second-order valence-electron chi connectivity index (χ2n) is 3.23. The Hall–Kier alpha value is -0.210. The molecule has 0 aromatic carbocycles. The Morgan fingerprint density at radius 3 is 2.19 bits per heavy atom. The van der Waals surface area contributed by atoms with E-state index in [1.165, 1.54) is 23.5 Å². The van der Waals surface area contributed by atoms with Crippen LogP contribution < -0.4 is 0 Å². The molecule has 0 N–H and O–H groups in total. The molecule has 21 heavy (non-hydrogen) atoms. The lowest BCUT2D eigenvalue weighted by atomic mass is 10.9. The van der Waals surface area contributed by atoms with Crippen molar-refractivity contribution in [1.82, 2.24) is 20.4 Å². The lowest BCUT2D eigenvalue weighted by molar-refractivity contribution is 0.350. The molecule has 1 aromatic heterocycles. The SMILES string of the molecule is CSC(=S)OCCSc1nnc(SCCS(=O)(=O)[O-])nn1. The maximum atomic E-state index is 10.4. The van der Waals surface area contributed by atoms with Crippen LogP contribution in [0.2, 0.25) is 0 Å². The summed E-state index contributed by atoms with van der Waals surface area (Å²) >= 11 is 8.56. The van der Waals surface area contributed by atoms with Gasteiger partial charge in [0.25, 0.3) is 0 Å². The number of nitrogens with zero attached hydrogens (tertiary/aromatic N) is 4. The molecule has 0 fully saturated rings. The quantitative estimate of drug-likeness (QED) is 0.270. The molecule has 1 heterocycles. The first-order valence-corrected chi connectivity index (χ1v) is 10.6. The molecule has 1 rings (SSSR count). The highest BCUT2D eigenvalue weighted by Crippen LogP contribution is 2.14. The Balaban J connectivity index is 2.28. The Kier molecular flexibility index (Phi) is 8.73. The van der Waals surface area contributed by atoms with Crippen molar-refractivity contribution in [2.45, 2.75) is 10.3 Å². The minimum Gasteiger partial charge on any atom is -0.748 e. The van der Waals surface area contributed by atoms with Gasteiger partial charge in [-0.1, -0.05) is 35.3 Å². The van der Waals surface area contributed by atoms with E-state index in [0.29, 0.717) is 21.9 Å². The molecule has 0 unspecified atom stereocenters. The summed E-state index contributed by atoms with van der Waals surface area (Å²) in [7, 11) is -4.22. The van der Waals surface area contributed by atoms with Gasteiger partial charge in [-0.3, -0.25) is 0 Å². The van der Waals surface area contributed by atoms with Crippen molar-refractivity contribution in [3.05, 3.63) is 0 Å². The molecular weight excluding hydrogens is 376 g/mol. The van der Waals surface area contributed by atoms with E-state index in [9.17, 15) is 13.0 Å². The van der Waals surface area contributed by atoms with Gasteiger partial charge < -0.3 is 9.29 Å².